The molecule has 1 heterocycles. The SMILES string of the molecule is CCNC(c1ccc(I)c(Cl)c1)c1ccc(CC)o1. The fourth-order valence-corrected chi connectivity index (χ4v) is 2.54. The average molecular weight is 390 g/mol. The maximum absolute atomic E-state index is 6.21. The second kappa shape index (κ2) is 6.77. The minimum Gasteiger partial charge on any atom is -0.464 e. The van der Waals surface area contributed by atoms with Crippen molar-refractivity contribution in [1.82, 2.24) is 5.32 Å². The van der Waals surface area contributed by atoms with Crippen molar-refractivity contribution in [2.45, 2.75) is 26.3 Å². The minimum atomic E-state index is 0.0554. The summed E-state index contributed by atoms with van der Waals surface area (Å²) in [6.45, 7) is 5.05. The van der Waals surface area contributed by atoms with Crippen LogP contribution < -0.4 is 5.32 Å². The molecule has 1 unspecified atom stereocenters. The van der Waals surface area contributed by atoms with Gasteiger partial charge in [0, 0.05) is 9.99 Å². The lowest BCUT2D eigenvalue weighted by atomic mass is 10.0. The normalized spacial score (nSPS) is 12.6. The molecule has 1 aromatic carbocycles. The molecule has 0 radical (unpaired) electrons. The molecule has 0 aliphatic heterocycles. The summed E-state index contributed by atoms with van der Waals surface area (Å²) in [5.41, 5.74) is 1.13. The first-order valence-electron chi connectivity index (χ1n) is 6.42. The topological polar surface area (TPSA) is 25.2 Å². The molecule has 0 saturated carbocycles. The summed E-state index contributed by atoms with van der Waals surface area (Å²) in [7, 11) is 0. The summed E-state index contributed by atoms with van der Waals surface area (Å²) in [4.78, 5) is 0. The number of aryl methyl sites for hydroxylation is 1. The van der Waals surface area contributed by atoms with Crippen molar-refractivity contribution >= 4 is 34.2 Å². The van der Waals surface area contributed by atoms with Crippen LogP contribution in [0.4, 0.5) is 0 Å². The zero-order valence-corrected chi connectivity index (χ0v) is 14.0. The zero-order chi connectivity index (χ0) is 13.8. The molecule has 1 atom stereocenters. The van der Waals surface area contributed by atoms with Crippen LogP contribution in [-0.2, 0) is 6.42 Å². The van der Waals surface area contributed by atoms with Crippen LogP contribution in [0.3, 0.4) is 0 Å². The Bertz CT molecular complexity index is 553. The third-order valence-electron chi connectivity index (χ3n) is 3.00. The van der Waals surface area contributed by atoms with Gasteiger partial charge < -0.3 is 9.73 Å². The Labute approximate surface area is 132 Å². The Kier molecular flexibility index (Phi) is 5.30. The Morgan fingerprint density at radius 1 is 1.26 bits per heavy atom. The standard InChI is InChI=1S/C15H17ClINO/c1-3-11-6-8-14(19-11)15(18-4-2)10-5-7-13(17)12(16)9-10/h5-9,15,18H,3-4H2,1-2H3. The number of halogens is 2. The van der Waals surface area contributed by atoms with Crippen LogP contribution in [0.2, 0.25) is 5.02 Å². The molecule has 0 aliphatic carbocycles. The zero-order valence-electron chi connectivity index (χ0n) is 11.0. The van der Waals surface area contributed by atoms with Gasteiger partial charge in [-0.3, -0.25) is 0 Å². The highest BCUT2D eigenvalue weighted by molar-refractivity contribution is 14.1. The lowest BCUT2D eigenvalue weighted by Gasteiger charge is -2.16. The smallest absolute Gasteiger partial charge is 0.125 e. The first kappa shape index (κ1) is 14.9. The van der Waals surface area contributed by atoms with Crippen molar-refractivity contribution in [3.8, 4) is 0 Å². The summed E-state index contributed by atoms with van der Waals surface area (Å²) >= 11 is 8.45. The molecule has 2 rings (SSSR count). The Balaban J connectivity index is 2.35. The van der Waals surface area contributed by atoms with Crippen LogP contribution >= 0.6 is 34.2 Å². The van der Waals surface area contributed by atoms with E-state index in [0.29, 0.717) is 0 Å². The van der Waals surface area contributed by atoms with Crippen molar-refractivity contribution in [2.75, 3.05) is 6.54 Å². The fourth-order valence-electron chi connectivity index (χ4n) is 2.02. The van der Waals surface area contributed by atoms with E-state index in [9.17, 15) is 0 Å². The van der Waals surface area contributed by atoms with Crippen LogP contribution in [0.1, 0.15) is 37.0 Å². The summed E-state index contributed by atoms with van der Waals surface area (Å²) in [5, 5.41) is 4.23. The van der Waals surface area contributed by atoms with Gasteiger partial charge in [0.05, 0.1) is 11.1 Å². The predicted molar refractivity (Wildman–Crippen MR) is 87.8 cm³/mol. The maximum atomic E-state index is 6.21. The van der Waals surface area contributed by atoms with Gasteiger partial charge in [-0.05, 0) is 59.0 Å². The van der Waals surface area contributed by atoms with Gasteiger partial charge in [0.2, 0.25) is 0 Å². The van der Waals surface area contributed by atoms with Crippen molar-refractivity contribution in [3.63, 3.8) is 0 Å². The van der Waals surface area contributed by atoms with Gasteiger partial charge in [-0.15, -0.1) is 0 Å². The van der Waals surface area contributed by atoms with Crippen molar-refractivity contribution in [3.05, 3.63) is 56.0 Å². The summed E-state index contributed by atoms with van der Waals surface area (Å²) < 4.78 is 6.93. The number of furan rings is 1. The first-order valence-corrected chi connectivity index (χ1v) is 7.88. The largest absolute Gasteiger partial charge is 0.464 e. The van der Waals surface area contributed by atoms with Gasteiger partial charge in [0.1, 0.15) is 11.5 Å². The maximum Gasteiger partial charge on any atom is 0.125 e. The third-order valence-corrected chi connectivity index (χ3v) is 4.57. The summed E-state index contributed by atoms with van der Waals surface area (Å²) in [6.07, 6.45) is 0.909. The molecule has 0 spiro atoms. The minimum absolute atomic E-state index is 0.0554. The van der Waals surface area contributed by atoms with Gasteiger partial charge in [-0.1, -0.05) is 31.5 Å². The number of nitrogens with one attached hydrogen (secondary N) is 1. The molecule has 4 heteroatoms. The molecule has 1 aromatic heterocycles. The van der Waals surface area contributed by atoms with Crippen molar-refractivity contribution < 1.29 is 4.42 Å². The highest BCUT2D eigenvalue weighted by Crippen LogP contribution is 2.28. The molecule has 19 heavy (non-hydrogen) atoms. The quantitative estimate of drug-likeness (QED) is 0.743. The highest BCUT2D eigenvalue weighted by atomic mass is 127. The second-order valence-electron chi connectivity index (χ2n) is 4.32. The van der Waals surface area contributed by atoms with Crippen LogP contribution in [0.25, 0.3) is 0 Å². The molecular formula is C15H17ClINO. The molecule has 0 fully saturated rings. The van der Waals surface area contributed by atoms with Crippen molar-refractivity contribution in [2.24, 2.45) is 0 Å². The van der Waals surface area contributed by atoms with E-state index in [1.807, 2.05) is 24.3 Å². The molecule has 102 valence electrons. The number of rotatable bonds is 5. The monoisotopic (exact) mass is 389 g/mol. The summed E-state index contributed by atoms with van der Waals surface area (Å²) in [6, 6.07) is 10.3. The van der Waals surface area contributed by atoms with E-state index >= 15 is 0 Å². The number of hydrogen-bond acceptors (Lipinski definition) is 2. The van der Waals surface area contributed by atoms with Gasteiger partial charge >= 0.3 is 0 Å². The Hall–Kier alpha value is -0.520. The molecule has 0 aliphatic rings. The Morgan fingerprint density at radius 3 is 2.63 bits per heavy atom. The fraction of sp³-hybridized carbons (Fsp3) is 0.333. The second-order valence-corrected chi connectivity index (χ2v) is 5.89. The van der Waals surface area contributed by atoms with Gasteiger partial charge in [0.25, 0.3) is 0 Å². The van der Waals surface area contributed by atoms with E-state index in [1.165, 1.54) is 0 Å². The van der Waals surface area contributed by atoms with E-state index in [0.717, 1.165) is 38.6 Å². The Morgan fingerprint density at radius 2 is 2.05 bits per heavy atom. The van der Waals surface area contributed by atoms with Crippen LogP contribution in [0.5, 0.6) is 0 Å². The molecule has 0 bridgehead atoms. The molecule has 1 N–H and O–H groups in total. The van der Waals surface area contributed by atoms with Crippen LogP contribution in [-0.4, -0.2) is 6.54 Å². The van der Waals surface area contributed by atoms with Gasteiger partial charge in [0.15, 0.2) is 0 Å². The third kappa shape index (κ3) is 3.52. The number of hydrogen-bond donors (Lipinski definition) is 1. The van der Waals surface area contributed by atoms with Crippen LogP contribution in [0.15, 0.2) is 34.7 Å². The van der Waals surface area contributed by atoms with Crippen molar-refractivity contribution in [1.29, 1.82) is 0 Å². The molecule has 2 nitrogen and oxygen atoms in total. The highest BCUT2D eigenvalue weighted by Gasteiger charge is 2.17. The molecule has 0 saturated heterocycles. The van der Waals surface area contributed by atoms with Crippen LogP contribution in [0, 0.1) is 3.57 Å². The first-order chi connectivity index (χ1) is 9.15. The van der Waals surface area contributed by atoms with E-state index in [-0.39, 0.29) is 6.04 Å². The van der Waals surface area contributed by atoms with Gasteiger partial charge in [-0.2, -0.15) is 0 Å². The lowest BCUT2D eigenvalue weighted by Crippen LogP contribution is -2.21. The van der Waals surface area contributed by atoms with E-state index in [2.05, 4.69) is 47.8 Å². The van der Waals surface area contributed by atoms with E-state index in [1.54, 1.807) is 0 Å². The lowest BCUT2D eigenvalue weighted by molar-refractivity contribution is 0.426. The summed E-state index contributed by atoms with van der Waals surface area (Å²) in [5.74, 6) is 1.95. The number of benzene rings is 1. The molecule has 0 amide bonds. The van der Waals surface area contributed by atoms with E-state index < -0.39 is 0 Å². The molecular weight excluding hydrogens is 373 g/mol. The average Bonchev–Trinajstić information content (AvgIpc) is 2.88. The van der Waals surface area contributed by atoms with E-state index in [4.69, 9.17) is 16.0 Å². The predicted octanol–water partition coefficient (Wildman–Crippen LogP) is 4.80. The molecule has 2 aromatic rings. The van der Waals surface area contributed by atoms with Gasteiger partial charge in [-0.25, -0.2) is 0 Å².